The first-order chi connectivity index (χ1) is 26.5. The summed E-state index contributed by atoms with van der Waals surface area (Å²) in [7, 11) is -8.06. The van der Waals surface area contributed by atoms with Crippen LogP contribution in [0.1, 0.15) is 65.0 Å². The fourth-order valence-electron chi connectivity index (χ4n) is 5.13. The van der Waals surface area contributed by atoms with Crippen LogP contribution in [0.2, 0.25) is 5.02 Å². The number of pyridine rings is 3. The smallest absolute Gasteiger partial charge is 0.378 e. The van der Waals surface area contributed by atoms with Crippen molar-refractivity contribution in [3.63, 3.8) is 0 Å². The number of ether oxygens (including phenoxy) is 1. The standard InChI is InChI=1S/C19H23ClN2O3S.C19H21F3N4O4S/c1-5-13(2)14-6-11-17(21-12-14)22-18(23)19(3,4)26(24,25)16-9-7-15(20)8-10-16;1-18(2,17(27)25-15-5-3-13(11-23-15)19(20,21)22)31(28,29)14-4-6-16(24-12-14)26-7-9-30-10-8-26/h6-13H,5H2,1-4H3,(H,21,22,23);3-6,11-12H,7-10H2,1-2H3,(H,23,25,27). The van der Waals surface area contributed by atoms with E-state index >= 15 is 0 Å². The minimum Gasteiger partial charge on any atom is -0.378 e. The second-order valence-corrected chi connectivity index (χ2v) is 19.5. The molecule has 3 aromatic heterocycles. The summed E-state index contributed by atoms with van der Waals surface area (Å²) in [5, 5.41) is 5.29. The van der Waals surface area contributed by atoms with Crippen LogP contribution in [0.4, 0.5) is 30.6 Å². The molecule has 0 spiro atoms. The maximum absolute atomic E-state index is 13.1. The minimum absolute atomic E-state index is 0.0436. The molecule has 1 atom stereocenters. The third kappa shape index (κ3) is 10.5. The largest absolute Gasteiger partial charge is 0.417 e. The molecule has 0 aliphatic carbocycles. The number of anilines is 3. The molecule has 2 N–H and O–H groups in total. The molecule has 1 unspecified atom stereocenters. The number of carbonyl (C=O) groups excluding carboxylic acids is 2. The van der Waals surface area contributed by atoms with Crippen molar-refractivity contribution in [1.29, 1.82) is 0 Å². The molecule has 4 aromatic rings. The number of rotatable bonds is 11. The lowest BCUT2D eigenvalue weighted by Gasteiger charge is -2.28. The third-order valence-electron chi connectivity index (χ3n) is 9.47. The second-order valence-electron chi connectivity index (χ2n) is 14.1. The number of aromatic nitrogens is 3. The Morgan fingerprint density at radius 3 is 1.70 bits per heavy atom. The molecule has 4 heterocycles. The molecule has 1 aliphatic rings. The topological polar surface area (TPSA) is 178 Å². The van der Waals surface area contributed by atoms with Gasteiger partial charge in [-0.15, -0.1) is 0 Å². The predicted molar refractivity (Wildman–Crippen MR) is 211 cm³/mol. The van der Waals surface area contributed by atoms with Gasteiger partial charge in [-0.1, -0.05) is 31.5 Å². The molecule has 13 nitrogen and oxygen atoms in total. The Labute approximate surface area is 335 Å². The summed E-state index contributed by atoms with van der Waals surface area (Å²) in [5.41, 5.74) is 0.0855. The molecule has 19 heteroatoms. The number of benzene rings is 1. The zero-order valence-corrected chi connectivity index (χ0v) is 34.5. The Balaban J connectivity index is 0.000000257. The van der Waals surface area contributed by atoms with Gasteiger partial charge in [0.15, 0.2) is 19.7 Å². The monoisotopic (exact) mass is 852 g/mol. The number of halogens is 4. The van der Waals surface area contributed by atoms with E-state index in [2.05, 4.69) is 39.4 Å². The van der Waals surface area contributed by atoms with E-state index in [1.807, 2.05) is 11.0 Å². The van der Waals surface area contributed by atoms with Crippen molar-refractivity contribution in [2.75, 3.05) is 41.8 Å². The van der Waals surface area contributed by atoms with Gasteiger partial charge in [0.25, 0.3) is 0 Å². The molecular weight excluding hydrogens is 809 g/mol. The van der Waals surface area contributed by atoms with Crippen molar-refractivity contribution < 1.29 is 44.3 Å². The highest BCUT2D eigenvalue weighted by atomic mass is 35.5. The number of carbonyl (C=O) groups is 2. The van der Waals surface area contributed by atoms with E-state index in [1.165, 1.54) is 64.2 Å². The zero-order chi connectivity index (χ0) is 42.4. The summed E-state index contributed by atoms with van der Waals surface area (Å²) in [6, 6.07) is 14.0. The fraction of sp³-hybridized carbons (Fsp3) is 0.395. The molecule has 1 aromatic carbocycles. The van der Waals surface area contributed by atoms with E-state index in [4.69, 9.17) is 16.3 Å². The summed E-state index contributed by atoms with van der Waals surface area (Å²) in [6.45, 7) is 11.7. The summed E-state index contributed by atoms with van der Waals surface area (Å²) in [4.78, 5) is 39.1. The van der Waals surface area contributed by atoms with Crippen molar-refractivity contribution in [3.05, 3.63) is 95.4 Å². The average Bonchev–Trinajstić information content (AvgIpc) is 3.18. The Hall–Kier alpha value is -4.65. The Morgan fingerprint density at radius 2 is 1.26 bits per heavy atom. The van der Waals surface area contributed by atoms with Crippen molar-refractivity contribution in [3.8, 4) is 0 Å². The maximum atomic E-state index is 13.1. The van der Waals surface area contributed by atoms with Crippen LogP contribution in [0.5, 0.6) is 0 Å². The van der Waals surface area contributed by atoms with Crippen LogP contribution in [0.25, 0.3) is 0 Å². The number of nitrogens with zero attached hydrogens (tertiary/aromatic N) is 4. The molecule has 0 saturated carbocycles. The van der Waals surface area contributed by atoms with Gasteiger partial charge in [-0.05, 0) is 100 Å². The average molecular weight is 853 g/mol. The Morgan fingerprint density at radius 1 is 0.754 bits per heavy atom. The van der Waals surface area contributed by atoms with Gasteiger partial charge in [0, 0.05) is 36.7 Å². The van der Waals surface area contributed by atoms with Crippen LogP contribution < -0.4 is 15.5 Å². The van der Waals surface area contributed by atoms with Gasteiger partial charge in [0.2, 0.25) is 11.8 Å². The molecule has 57 heavy (non-hydrogen) atoms. The van der Waals surface area contributed by atoms with Crippen LogP contribution in [-0.2, 0) is 40.2 Å². The molecular formula is C38H44ClF3N6O7S2. The summed E-state index contributed by atoms with van der Waals surface area (Å²) < 4.78 is 91.4. The highest BCUT2D eigenvalue weighted by Crippen LogP contribution is 2.31. The third-order valence-corrected chi connectivity index (χ3v) is 14.5. The molecule has 1 fully saturated rings. The van der Waals surface area contributed by atoms with E-state index in [1.54, 1.807) is 18.3 Å². The van der Waals surface area contributed by atoms with E-state index in [0.717, 1.165) is 24.1 Å². The quantitative estimate of drug-likeness (QED) is 0.159. The van der Waals surface area contributed by atoms with Crippen LogP contribution in [-0.4, -0.2) is 79.4 Å². The number of sulfone groups is 2. The fourth-order valence-corrected chi connectivity index (χ4v) is 7.96. The van der Waals surface area contributed by atoms with E-state index < -0.39 is 52.7 Å². The molecule has 0 bridgehead atoms. The van der Waals surface area contributed by atoms with Crippen molar-refractivity contribution >= 4 is 60.5 Å². The number of hydrogen-bond acceptors (Lipinski definition) is 11. The van der Waals surface area contributed by atoms with Gasteiger partial charge in [-0.25, -0.2) is 31.8 Å². The summed E-state index contributed by atoms with van der Waals surface area (Å²) in [5.74, 6) is -0.482. The lowest BCUT2D eigenvalue weighted by atomic mass is 10.0. The highest BCUT2D eigenvalue weighted by Gasteiger charge is 2.44. The van der Waals surface area contributed by atoms with Gasteiger partial charge >= 0.3 is 6.18 Å². The summed E-state index contributed by atoms with van der Waals surface area (Å²) in [6.07, 6.45) is -0.139. The molecule has 0 radical (unpaired) electrons. The Bertz CT molecular complexity index is 2230. The van der Waals surface area contributed by atoms with Crippen LogP contribution in [0.15, 0.2) is 89.0 Å². The normalized spacial score (nSPS) is 14.5. The van der Waals surface area contributed by atoms with Gasteiger partial charge in [-0.2, -0.15) is 13.2 Å². The van der Waals surface area contributed by atoms with Crippen molar-refractivity contribution in [1.82, 2.24) is 15.0 Å². The van der Waals surface area contributed by atoms with Crippen LogP contribution in [0, 0.1) is 0 Å². The minimum atomic E-state index is -4.57. The zero-order valence-electron chi connectivity index (χ0n) is 32.1. The van der Waals surface area contributed by atoms with E-state index in [-0.39, 0.29) is 15.6 Å². The number of hydrogen-bond donors (Lipinski definition) is 2. The first-order valence-corrected chi connectivity index (χ1v) is 21.0. The lowest BCUT2D eigenvalue weighted by molar-refractivity contribution is -0.137. The van der Waals surface area contributed by atoms with E-state index in [0.29, 0.717) is 55.1 Å². The van der Waals surface area contributed by atoms with Crippen molar-refractivity contribution in [2.45, 2.75) is 79.3 Å². The van der Waals surface area contributed by atoms with Crippen molar-refractivity contribution in [2.24, 2.45) is 0 Å². The number of nitrogens with one attached hydrogen (secondary N) is 2. The van der Waals surface area contributed by atoms with E-state index in [9.17, 15) is 39.6 Å². The predicted octanol–water partition coefficient (Wildman–Crippen LogP) is 6.96. The molecule has 1 saturated heterocycles. The molecule has 1 aliphatic heterocycles. The van der Waals surface area contributed by atoms with Crippen LogP contribution >= 0.6 is 11.6 Å². The number of morpholine rings is 1. The van der Waals surface area contributed by atoms with Crippen LogP contribution in [0.3, 0.4) is 0 Å². The number of alkyl halides is 3. The molecule has 2 amide bonds. The molecule has 308 valence electrons. The van der Waals surface area contributed by atoms with Gasteiger partial charge in [0.05, 0.1) is 28.6 Å². The second kappa shape index (κ2) is 17.9. The SMILES string of the molecule is CC(C)(C(=O)Nc1ccc(C(F)(F)F)cn1)S(=O)(=O)c1ccc(N2CCOCC2)nc1.CCC(C)c1ccc(NC(=O)C(C)(C)S(=O)(=O)c2ccc(Cl)cc2)nc1. The lowest BCUT2D eigenvalue weighted by Crippen LogP contribution is -2.44. The maximum Gasteiger partial charge on any atom is 0.417 e. The first-order valence-electron chi connectivity index (χ1n) is 17.7. The van der Waals surface area contributed by atoms with Gasteiger partial charge in [-0.3, -0.25) is 9.59 Å². The summed E-state index contributed by atoms with van der Waals surface area (Å²) >= 11 is 5.81. The van der Waals surface area contributed by atoms with Gasteiger partial charge in [0.1, 0.15) is 26.9 Å². The number of amides is 2. The highest BCUT2D eigenvalue weighted by molar-refractivity contribution is 7.94. The Kier molecular flexibility index (Phi) is 14.1. The first kappa shape index (κ1) is 45.1. The molecule has 5 rings (SSSR count). The van der Waals surface area contributed by atoms with Gasteiger partial charge < -0.3 is 20.3 Å².